The van der Waals surface area contributed by atoms with Crippen molar-refractivity contribution >= 4 is 23.5 Å². The molecule has 3 rings (SSSR count). The van der Waals surface area contributed by atoms with E-state index in [4.69, 9.17) is 0 Å². The van der Waals surface area contributed by atoms with E-state index in [0.29, 0.717) is 11.4 Å². The predicted molar refractivity (Wildman–Crippen MR) is 92.9 cm³/mol. The van der Waals surface area contributed by atoms with Crippen molar-refractivity contribution in [2.45, 2.75) is 0 Å². The molecule has 0 atom stereocenters. The van der Waals surface area contributed by atoms with Crippen molar-refractivity contribution in [3.63, 3.8) is 0 Å². The molecular weight excluding hydrogens is 300 g/mol. The van der Waals surface area contributed by atoms with Gasteiger partial charge in [-0.1, -0.05) is 60.7 Å². The lowest BCUT2D eigenvalue weighted by Gasteiger charge is -2.08. The van der Waals surface area contributed by atoms with E-state index in [1.54, 1.807) is 24.3 Å². The molecule has 0 aliphatic carbocycles. The molecule has 0 fully saturated rings. The Hall–Kier alpha value is -3.58. The number of hydrogen-bond acceptors (Lipinski definition) is 4. The summed E-state index contributed by atoms with van der Waals surface area (Å²) < 4.78 is 0. The fraction of sp³-hybridized carbons (Fsp3) is 0. The predicted octanol–water partition coefficient (Wildman–Crippen LogP) is 4.96. The van der Waals surface area contributed by atoms with Gasteiger partial charge in [-0.2, -0.15) is 9.98 Å². The molecule has 0 amide bonds. The minimum absolute atomic E-state index is 0.575. The van der Waals surface area contributed by atoms with Gasteiger partial charge < -0.3 is 0 Å². The number of hydrogen-bond donors (Lipinski definition) is 0. The van der Waals surface area contributed by atoms with Crippen LogP contribution in [-0.2, 0) is 9.59 Å². The van der Waals surface area contributed by atoms with Gasteiger partial charge in [0.05, 0.1) is 11.4 Å². The average molecular weight is 312 g/mol. The van der Waals surface area contributed by atoms with Crippen LogP contribution in [0.15, 0.2) is 82.8 Å². The Bertz CT molecular complexity index is 884. The molecule has 0 saturated carbocycles. The Morgan fingerprint density at radius 3 is 1.29 bits per heavy atom. The quantitative estimate of drug-likeness (QED) is 0.505. The zero-order chi connectivity index (χ0) is 16.8. The third kappa shape index (κ3) is 3.11. The molecule has 0 bridgehead atoms. The van der Waals surface area contributed by atoms with Gasteiger partial charge >= 0.3 is 0 Å². The fourth-order valence-electron chi connectivity index (χ4n) is 2.56. The normalized spacial score (nSPS) is 9.67. The summed E-state index contributed by atoms with van der Waals surface area (Å²) in [6, 6.07) is 22.5. The first kappa shape index (κ1) is 15.3. The SMILES string of the molecule is O=C=Nc1ccccc1-c1ccc(-c2ccccc2N=C=O)cc1. The summed E-state index contributed by atoms with van der Waals surface area (Å²) in [5.74, 6) is 0. The summed E-state index contributed by atoms with van der Waals surface area (Å²) in [5, 5.41) is 0. The molecule has 0 heterocycles. The van der Waals surface area contributed by atoms with Gasteiger partial charge in [0.25, 0.3) is 0 Å². The summed E-state index contributed by atoms with van der Waals surface area (Å²) in [6.45, 7) is 0. The maximum Gasteiger partial charge on any atom is 0.240 e. The molecule has 24 heavy (non-hydrogen) atoms. The molecule has 0 unspecified atom stereocenters. The summed E-state index contributed by atoms with van der Waals surface area (Å²) in [7, 11) is 0. The van der Waals surface area contributed by atoms with E-state index in [0.717, 1.165) is 22.3 Å². The van der Waals surface area contributed by atoms with Gasteiger partial charge in [-0.25, -0.2) is 9.59 Å². The number of aliphatic imine (C=N–C) groups is 2. The Morgan fingerprint density at radius 2 is 0.917 bits per heavy atom. The standard InChI is InChI=1S/C20H12N2O2/c23-13-21-19-7-3-1-5-17(19)15-9-11-16(12-10-15)18-6-2-4-8-20(18)22-14-24/h1-12H. The molecule has 3 aromatic rings. The van der Waals surface area contributed by atoms with E-state index in [2.05, 4.69) is 9.98 Å². The third-order valence-electron chi connectivity index (χ3n) is 3.65. The molecule has 0 saturated heterocycles. The highest BCUT2D eigenvalue weighted by Gasteiger charge is 2.07. The largest absolute Gasteiger partial charge is 0.240 e. The molecule has 0 aliphatic rings. The number of para-hydroxylation sites is 2. The molecule has 0 N–H and O–H groups in total. The number of isocyanates is 2. The molecule has 0 radical (unpaired) electrons. The minimum atomic E-state index is 0.575. The van der Waals surface area contributed by atoms with Crippen LogP contribution in [0.4, 0.5) is 11.4 Å². The molecule has 0 spiro atoms. The van der Waals surface area contributed by atoms with Crippen LogP contribution in [0.2, 0.25) is 0 Å². The Morgan fingerprint density at radius 1 is 0.542 bits per heavy atom. The van der Waals surface area contributed by atoms with Gasteiger partial charge in [0.15, 0.2) is 0 Å². The van der Waals surface area contributed by atoms with Gasteiger partial charge in [-0.05, 0) is 23.3 Å². The second-order valence-corrected chi connectivity index (χ2v) is 5.02. The Labute approximate surface area is 138 Å². The highest BCUT2D eigenvalue weighted by atomic mass is 16.1. The maximum atomic E-state index is 10.6. The van der Waals surface area contributed by atoms with E-state index in [1.165, 1.54) is 0 Å². The lowest BCUT2D eigenvalue weighted by Crippen LogP contribution is -1.82. The van der Waals surface area contributed by atoms with Crippen LogP contribution in [0, 0.1) is 0 Å². The minimum Gasteiger partial charge on any atom is -0.211 e. The molecule has 4 nitrogen and oxygen atoms in total. The topological polar surface area (TPSA) is 58.9 Å². The number of nitrogens with zero attached hydrogens (tertiary/aromatic N) is 2. The van der Waals surface area contributed by atoms with Crippen molar-refractivity contribution in [3.05, 3.63) is 72.8 Å². The zero-order valence-corrected chi connectivity index (χ0v) is 12.6. The van der Waals surface area contributed by atoms with Gasteiger partial charge in [0.2, 0.25) is 12.2 Å². The lowest BCUT2D eigenvalue weighted by atomic mass is 9.98. The van der Waals surface area contributed by atoms with Crippen LogP contribution < -0.4 is 0 Å². The van der Waals surface area contributed by atoms with Crippen LogP contribution >= 0.6 is 0 Å². The Balaban J connectivity index is 2.04. The van der Waals surface area contributed by atoms with Crippen molar-refractivity contribution in [3.8, 4) is 22.3 Å². The monoisotopic (exact) mass is 312 g/mol. The maximum absolute atomic E-state index is 10.6. The first-order chi connectivity index (χ1) is 11.8. The van der Waals surface area contributed by atoms with Crippen LogP contribution in [0.3, 0.4) is 0 Å². The summed E-state index contributed by atoms with van der Waals surface area (Å²) in [4.78, 5) is 28.6. The van der Waals surface area contributed by atoms with Crippen molar-refractivity contribution in [2.24, 2.45) is 9.98 Å². The summed E-state index contributed by atoms with van der Waals surface area (Å²) in [5.41, 5.74) is 4.73. The van der Waals surface area contributed by atoms with Crippen molar-refractivity contribution < 1.29 is 9.59 Å². The van der Waals surface area contributed by atoms with Crippen molar-refractivity contribution in [2.75, 3.05) is 0 Å². The van der Waals surface area contributed by atoms with Crippen LogP contribution in [0.1, 0.15) is 0 Å². The highest BCUT2D eigenvalue weighted by Crippen LogP contribution is 2.34. The summed E-state index contributed by atoms with van der Waals surface area (Å²) >= 11 is 0. The number of benzene rings is 3. The number of carbonyl (C=O) groups excluding carboxylic acids is 2. The molecule has 0 aliphatic heterocycles. The fourth-order valence-corrected chi connectivity index (χ4v) is 2.56. The molecule has 114 valence electrons. The van der Waals surface area contributed by atoms with E-state index in [9.17, 15) is 9.59 Å². The van der Waals surface area contributed by atoms with E-state index < -0.39 is 0 Å². The van der Waals surface area contributed by atoms with E-state index in [1.807, 2.05) is 60.7 Å². The molecule has 0 aromatic heterocycles. The van der Waals surface area contributed by atoms with Gasteiger partial charge in [-0.15, -0.1) is 0 Å². The van der Waals surface area contributed by atoms with Gasteiger partial charge in [-0.3, -0.25) is 0 Å². The highest BCUT2D eigenvalue weighted by molar-refractivity contribution is 5.81. The van der Waals surface area contributed by atoms with E-state index in [-0.39, 0.29) is 0 Å². The average Bonchev–Trinajstić information content (AvgIpc) is 2.64. The molecule has 3 aromatic carbocycles. The molecule has 4 heteroatoms. The first-order valence-electron chi connectivity index (χ1n) is 7.28. The summed E-state index contributed by atoms with van der Waals surface area (Å²) in [6.07, 6.45) is 3.16. The Kier molecular flexibility index (Phi) is 4.55. The molecular formula is C20H12N2O2. The van der Waals surface area contributed by atoms with Gasteiger partial charge in [0, 0.05) is 11.1 Å². The van der Waals surface area contributed by atoms with E-state index >= 15 is 0 Å². The lowest BCUT2D eigenvalue weighted by molar-refractivity contribution is 0.564. The zero-order valence-electron chi connectivity index (χ0n) is 12.6. The second kappa shape index (κ2) is 7.12. The van der Waals surface area contributed by atoms with Gasteiger partial charge in [0.1, 0.15) is 0 Å². The van der Waals surface area contributed by atoms with Crippen LogP contribution in [-0.4, -0.2) is 12.2 Å². The second-order valence-electron chi connectivity index (χ2n) is 5.02. The van der Waals surface area contributed by atoms with Crippen molar-refractivity contribution in [1.29, 1.82) is 0 Å². The van der Waals surface area contributed by atoms with Crippen LogP contribution in [0.5, 0.6) is 0 Å². The van der Waals surface area contributed by atoms with Crippen molar-refractivity contribution in [1.82, 2.24) is 0 Å². The smallest absolute Gasteiger partial charge is 0.211 e. The first-order valence-corrected chi connectivity index (χ1v) is 7.28. The van der Waals surface area contributed by atoms with Crippen LogP contribution in [0.25, 0.3) is 22.3 Å². The number of rotatable bonds is 4. The third-order valence-corrected chi connectivity index (χ3v) is 3.65.